The fourth-order valence-corrected chi connectivity index (χ4v) is 2.67. The summed E-state index contributed by atoms with van der Waals surface area (Å²) in [6.45, 7) is 8.22. The summed E-state index contributed by atoms with van der Waals surface area (Å²) >= 11 is 0. The lowest BCUT2D eigenvalue weighted by Crippen LogP contribution is -2.40. The predicted molar refractivity (Wildman–Crippen MR) is 119 cm³/mol. The molecule has 1 N–H and O–H groups in total. The van der Waals surface area contributed by atoms with E-state index in [9.17, 15) is 0 Å². The molecule has 142 valence electrons. The number of likely N-dealkylation sites (N-methyl/N-ethyl adjacent to an activating group) is 1. The third-order valence-corrected chi connectivity index (χ3v) is 4.00. The molecule has 0 aliphatic heterocycles. The lowest BCUT2D eigenvalue weighted by atomic mass is 10.1. The van der Waals surface area contributed by atoms with Crippen LogP contribution in [0.3, 0.4) is 0 Å². The van der Waals surface area contributed by atoms with Crippen LogP contribution in [0.1, 0.15) is 22.4 Å². The number of ether oxygens (including phenoxy) is 1. The Kier molecular flexibility index (Phi) is 9.40. The van der Waals surface area contributed by atoms with E-state index in [-0.39, 0.29) is 24.0 Å². The van der Waals surface area contributed by atoms with Gasteiger partial charge in [0, 0.05) is 20.3 Å². The first-order valence-electron chi connectivity index (χ1n) is 8.53. The number of guanidine groups is 1. The van der Waals surface area contributed by atoms with Crippen LogP contribution in [0.2, 0.25) is 0 Å². The van der Waals surface area contributed by atoms with E-state index in [1.165, 1.54) is 16.7 Å². The molecule has 2 aromatic rings. The van der Waals surface area contributed by atoms with Crippen LogP contribution in [0.4, 0.5) is 0 Å². The van der Waals surface area contributed by atoms with Gasteiger partial charge < -0.3 is 15.0 Å². The largest absolute Gasteiger partial charge is 0.492 e. The Bertz CT molecular complexity index is 713. The third-order valence-electron chi connectivity index (χ3n) is 4.00. The molecule has 0 saturated carbocycles. The second kappa shape index (κ2) is 11.0. The van der Waals surface area contributed by atoms with E-state index in [4.69, 9.17) is 4.74 Å². The van der Waals surface area contributed by atoms with Gasteiger partial charge in [-0.3, -0.25) is 9.98 Å². The van der Waals surface area contributed by atoms with Crippen LogP contribution >= 0.6 is 24.0 Å². The predicted octanol–water partition coefficient (Wildman–Crippen LogP) is 3.71. The molecule has 0 amide bonds. The Morgan fingerprint density at radius 2 is 1.88 bits per heavy atom. The summed E-state index contributed by atoms with van der Waals surface area (Å²) < 4.78 is 5.88. The lowest BCUT2D eigenvalue weighted by Gasteiger charge is -2.22. The summed E-state index contributed by atoms with van der Waals surface area (Å²) in [7, 11) is 3.79. The van der Waals surface area contributed by atoms with Gasteiger partial charge in [0.05, 0.1) is 18.8 Å². The van der Waals surface area contributed by atoms with Crippen LogP contribution in [-0.2, 0) is 6.54 Å². The first-order chi connectivity index (χ1) is 12.0. The zero-order valence-electron chi connectivity index (χ0n) is 16.2. The average Bonchev–Trinajstić information content (AvgIpc) is 2.56. The highest BCUT2D eigenvalue weighted by molar-refractivity contribution is 14.0. The standard InChI is InChI=1S/C20H28N4O.HI/c1-15-11-16(2)13-18(12-15)25-10-9-24(5)20(21-4)23-14-19-17(3)7-6-8-22-19;/h6-8,11-13H,9-10,14H2,1-5H3,(H,21,23);1H. The normalized spacial score (nSPS) is 10.9. The van der Waals surface area contributed by atoms with E-state index in [1.807, 2.05) is 19.3 Å². The number of halogens is 1. The van der Waals surface area contributed by atoms with Crippen molar-refractivity contribution in [3.8, 4) is 5.75 Å². The number of nitrogens with one attached hydrogen (secondary N) is 1. The minimum atomic E-state index is 0. The summed E-state index contributed by atoms with van der Waals surface area (Å²) in [6.07, 6.45) is 1.81. The summed E-state index contributed by atoms with van der Waals surface area (Å²) in [4.78, 5) is 10.8. The fraction of sp³-hybridized carbons (Fsp3) is 0.400. The maximum Gasteiger partial charge on any atom is 0.193 e. The first kappa shape index (κ1) is 22.2. The number of benzene rings is 1. The molecule has 5 nitrogen and oxygen atoms in total. The summed E-state index contributed by atoms with van der Waals surface area (Å²) in [6, 6.07) is 10.3. The zero-order chi connectivity index (χ0) is 18.2. The Morgan fingerprint density at radius 3 is 2.50 bits per heavy atom. The molecule has 1 aromatic heterocycles. The van der Waals surface area contributed by atoms with Crippen LogP contribution < -0.4 is 10.1 Å². The van der Waals surface area contributed by atoms with E-state index in [0.717, 1.165) is 23.9 Å². The minimum absolute atomic E-state index is 0. The molecule has 6 heteroatoms. The van der Waals surface area contributed by atoms with Crippen molar-refractivity contribution in [3.63, 3.8) is 0 Å². The van der Waals surface area contributed by atoms with Crippen LogP contribution in [0.25, 0.3) is 0 Å². The zero-order valence-corrected chi connectivity index (χ0v) is 18.6. The number of pyridine rings is 1. The van der Waals surface area contributed by atoms with E-state index >= 15 is 0 Å². The van der Waals surface area contributed by atoms with Crippen LogP contribution in [0, 0.1) is 20.8 Å². The molecule has 0 unspecified atom stereocenters. The highest BCUT2D eigenvalue weighted by Gasteiger charge is 2.07. The fourth-order valence-electron chi connectivity index (χ4n) is 2.67. The maximum atomic E-state index is 5.88. The van der Waals surface area contributed by atoms with Crippen molar-refractivity contribution >= 4 is 29.9 Å². The van der Waals surface area contributed by atoms with Gasteiger partial charge in [-0.1, -0.05) is 12.1 Å². The summed E-state index contributed by atoms with van der Waals surface area (Å²) in [5.41, 5.74) is 4.63. The molecule has 0 atom stereocenters. The Labute approximate surface area is 173 Å². The molecule has 0 saturated heterocycles. The second-order valence-electron chi connectivity index (χ2n) is 6.26. The topological polar surface area (TPSA) is 49.8 Å². The minimum Gasteiger partial charge on any atom is -0.492 e. The van der Waals surface area contributed by atoms with Crippen LogP contribution in [0.5, 0.6) is 5.75 Å². The average molecular weight is 468 g/mol. The van der Waals surface area contributed by atoms with Crippen molar-refractivity contribution in [2.45, 2.75) is 27.3 Å². The molecule has 1 aromatic carbocycles. The van der Waals surface area contributed by atoms with E-state index in [0.29, 0.717) is 13.2 Å². The lowest BCUT2D eigenvalue weighted by molar-refractivity contribution is 0.281. The summed E-state index contributed by atoms with van der Waals surface area (Å²) in [5, 5.41) is 3.35. The number of aromatic nitrogens is 1. The molecule has 0 bridgehead atoms. The quantitative estimate of drug-likeness (QED) is 0.399. The summed E-state index contributed by atoms with van der Waals surface area (Å²) in [5.74, 6) is 1.74. The first-order valence-corrected chi connectivity index (χ1v) is 8.53. The number of nitrogens with zero attached hydrogens (tertiary/aromatic N) is 3. The van der Waals surface area contributed by atoms with Gasteiger partial charge in [0.15, 0.2) is 5.96 Å². The molecule has 0 fully saturated rings. The SMILES string of the molecule is CN=C(NCc1ncccc1C)N(C)CCOc1cc(C)cc(C)c1.I. The molecule has 0 radical (unpaired) electrons. The second-order valence-corrected chi connectivity index (χ2v) is 6.26. The monoisotopic (exact) mass is 468 g/mol. The highest BCUT2D eigenvalue weighted by Crippen LogP contribution is 2.16. The van der Waals surface area contributed by atoms with Gasteiger partial charge in [-0.05, 0) is 55.7 Å². The van der Waals surface area contributed by atoms with E-state index in [1.54, 1.807) is 7.05 Å². The molecule has 0 spiro atoms. The molecule has 0 aliphatic carbocycles. The van der Waals surface area contributed by atoms with Gasteiger partial charge in [0.1, 0.15) is 12.4 Å². The van der Waals surface area contributed by atoms with Crippen molar-refractivity contribution in [3.05, 3.63) is 58.9 Å². The van der Waals surface area contributed by atoms with E-state index < -0.39 is 0 Å². The van der Waals surface area contributed by atoms with Crippen molar-refractivity contribution in [2.24, 2.45) is 4.99 Å². The third kappa shape index (κ3) is 6.82. The number of aliphatic imine (C=N–C) groups is 1. The smallest absolute Gasteiger partial charge is 0.193 e. The number of hydrogen-bond donors (Lipinski definition) is 1. The Hall–Kier alpha value is -1.83. The highest BCUT2D eigenvalue weighted by atomic mass is 127. The van der Waals surface area contributed by atoms with Gasteiger partial charge in [0.25, 0.3) is 0 Å². The number of aryl methyl sites for hydroxylation is 3. The van der Waals surface area contributed by atoms with Gasteiger partial charge >= 0.3 is 0 Å². The van der Waals surface area contributed by atoms with Gasteiger partial charge in [0.2, 0.25) is 0 Å². The Balaban J connectivity index is 0.00000338. The van der Waals surface area contributed by atoms with Crippen LogP contribution in [0.15, 0.2) is 41.5 Å². The number of hydrogen-bond acceptors (Lipinski definition) is 3. The molecular weight excluding hydrogens is 439 g/mol. The molecule has 26 heavy (non-hydrogen) atoms. The van der Waals surface area contributed by atoms with Gasteiger partial charge in [-0.15, -0.1) is 24.0 Å². The van der Waals surface area contributed by atoms with Crippen molar-refractivity contribution in [1.82, 2.24) is 15.2 Å². The van der Waals surface area contributed by atoms with E-state index in [2.05, 4.69) is 65.2 Å². The maximum absolute atomic E-state index is 5.88. The van der Waals surface area contributed by atoms with Crippen LogP contribution in [-0.4, -0.2) is 43.1 Å². The van der Waals surface area contributed by atoms with Crippen molar-refractivity contribution < 1.29 is 4.74 Å². The van der Waals surface area contributed by atoms with Gasteiger partial charge in [-0.2, -0.15) is 0 Å². The van der Waals surface area contributed by atoms with Crippen molar-refractivity contribution in [2.75, 3.05) is 27.2 Å². The molecule has 2 rings (SSSR count). The van der Waals surface area contributed by atoms with Crippen molar-refractivity contribution in [1.29, 1.82) is 0 Å². The Morgan fingerprint density at radius 1 is 1.19 bits per heavy atom. The molecule has 1 heterocycles. The van der Waals surface area contributed by atoms with Gasteiger partial charge in [-0.25, -0.2) is 0 Å². The molecule has 0 aliphatic rings. The molecular formula is C20H29IN4O. The number of rotatable bonds is 6.